The van der Waals surface area contributed by atoms with E-state index in [9.17, 15) is 4.79 Å². The van der Waals surface area contributed by atoms with Gasteiger partial charge in [-0.15, -0.1) is 0 Å². The molecule has 0 N–H and O–H groups in total. The molecule has 1 heteroatoms. The molecule has 4 saturated carbocycles. The predicted molar refractivity (Wildman–Crippen MR) is 55.9 cm³/mol. The van der Waals surface area contributed by atoms with E-state index < -0.39 is 0 Å². The van der Waals surface area contributed by atoms with Crippen molar-refractivity contribution in [2.24, 2.45) is 23.2 Å². The Kier molecular flexibility index (Phi) is 1.81. The highest BCUT2D eigenvalue weighted by atomic mass is 16.1. The number of fused-ring (bicyclic) bond motifs is 1. The van der Waals surface area contributed by atoms with Gasteiger partial charge >= 0.3 is 0 Å². The van der Waals surface area contributed by atoms with Crippen LogP contribution in [-0.2, 0) is 4.79 Å². The van der Waals surface area contributed by atoms with E-state index in [1.165, 1.54) is 32.1 Å². The van der Waals surface area contributed by atoms with Crippen molar-refractivity contribution in [3.63, 3.8) is 0 Å². The molecule has 2 unspecified atom stereocenters. The summed E-state index contributed by atoms with van der Waals surface area (Å²) in [4.78, 5) is 12.2. The van der Waals surface area contributed by atoms with Gasteiger partial charge in [-0.1, -0.05) is 6.92 Å². The van der Waals surface area contributed by atoms with Crippen LogP contribution in [0.3, 0.4) is 0 Å². The van der Waals surface area contributed by atoms with E-state index in [0.29, 0.717) is 5.78 Å². The van der Waals surface area contributed by atoms with E-state index >= 15 is 0 Å². The summed E-state index contributed by atoms with van der Waals surface area (Å²) in [6.45, 7) is 2.23. The molecule has 0 heterocycles. The number of carbonyl (C=O) groups excluding carboxylic acids is 1. The van der Waals surface area contributed by atoms with E-state index in [-0.39, 0.29) is 5.41 Å². The first-order valence-electron chi connectivity index (χ1n) is 6.25. The van der Waals surface area contributed by atoms with Crippen LogP contribution in [0.15, 0.2) is 0 Å². The lowest BCUT2D eigenvalue weighted by Crippen LogP contribution is -2.37. The standard InChI is InChI=1S/C13H20O/c1-2-13-7-10-3-9(6-12(13)14)4-11(5-10)8-13/h9-11H,2-8H2,1H3/t9?,10-,11+,13?. The molecule has 0 aromatic heterocycles. The third-order valence-corrected chi connectivity index (χ3v) is 5.10. The van der Waals surface area contributed by atoms with E-state index in [2.05, 4.69) is 6.92 Å². The van der Waals surface area contributed by atoms with Crippen LogP contribution in [-0.4, -0.2) is 5.78 Å². The molecular formula is C13H20O. The van der Waals surface area contributed by atoms with Crippen molar-refractivity contribution in [3.8, 4) is 0 Å². The highest BCUT2D eigenvalue weighted by molar-refractivity contribution is 5.85. The maximum Gasteiger partial charge on any atom is 0.139 e. The van der Waals surface area contributed by atoms with E-state index in [4.69, 9.17) is 0 Å². The van der Waals surface area contributed by atoms with Crippen LogP contribution in [0.5, 0.6) is 0 Å². The molecule has 4 aliphatic carbocycles. The van der Waals surface area contributed by atoms with Crippen molar-refractivity contribution in [1.29, 1.82) is 0 Å². The second-order valence-corrected chi connectivity index (χ2v) is 5.97. The minimum absolute atomic E-state index is 0.138. The SMILES string of the molecule is CCC12C[C@@H]3CC(CC1=O)C[C@@H](C3)C2. The zero-order valence-electron chi connectivity index (χ0n) is 9.09. The summed E-state index contributed by atoms with van der Waals surface area (Å²) < 4.78 is 0. The lowest BCUT2D eigenvalue weighted by molar-refractivity contribution is -0.131. The van der Waals surface area contributed by atoms with E-state index in [1.54, 1.807) is 0 Å². The molecule has 0 radical (unpaired) electrons. The van der Waals surface area contributed by atoms with Gasteiger partial charge in [0, 0.05) is 11.8 Å². The van der Waals surface area contributed by atoms with Crippen LogP contribution < -0.4 is 0 Å². The molecule has 0 saturated heterocycles. The highest BCUT2D eigenvalue weighted by Gasteiger charge is 2.50. The summed E-state index contributed by atoms with van der Waals surface area (Å²) in [5.41, 5.74) is 0.138. The van der Waals surface area contributed by atoms with Gasteiger partial charge in [0.05, 0.1) is 0 Å². The summed E-state index contributed by atoms with van der Waals surface area (Å²) >= 11 is 0. The van der Waals surface area contributed by atoms with Crippen LogP contribution in [0.4, 0.5) is 0 Å². The molecule has 4 fully saturated rings. The second-order valence-electron chi connectivity index (χ2n) is 5.97. The first-order valence-corrected chi connectivity index (χ1v) is 6.25. The molecule has 0 aromatic carbocycles. The van der Waals surface area contributed by atoms with E-state index in [1.807, 2.05) is 0 Å². The third kappa shape index (κ3) is 1.11. The van der Waals surface area contributed by atoms with Gasteiger partial charge in [0.2, 0.25) is 0 Å². The Balaban J connectivity index is 2.00. The molecule has 14 heavy (non-hydrogen) atoms. The van der Waals surface area contributed by atoms with Crippen LogP contribution >= 0.6 is 0 Å². The zero-order chi connectivity index (χ0) is 9.76. The average Bonchev–Trinajstić information content (AvgIpc) is 2.29. The molecule has 4 aliphatic rings. The Morgan fingerprint density at radius 3 is 2.29 bits per heavy atom. The minimum atomic E-state index is 0.138. The second kappa shape index (κ2) is 2.84. The maximum atomic E-state index is 12.2. The Hall–Kier alpha value is -0.330. The van der Waals surface area contributed by atoms with Crippen LogP contribution in [0, 0.1) is 23.2 Å². The van der Waals surface area contributed by atoms with Gasteiger partial charge in [-0.05, 0) is 56.3 Å². The van der Waals surface area contributed by atoms with Crippen molar-refractivity contribution < 1.29 is 4.79 Å². The van der Waals surface area contributed by atoms with Gasteiger partial charge in [0.25, 0.3) is 0 Å². The summed E-state index contributed by atoms with van der Waals surface area (Å²) in [5, 5.41) is 0. The van der Waals surface area contributed by atoms with Gasteiger partial charge < -0.3 is 0 Å². The molecule has 0 aromatic rings. The lowest BCUT2D eigenvalue weighted by atomic mass is 9.60. The van der Waals surface area contributed by atoms with Crippen LogP contribution in [0.2, 0.25) is 0 Å². The fourth-order valence-corrected chi connectivity index (χ4v) is 4.58. The number of rotatable bonds is 1. The van der Waals surface area contributed by atoms with Gasteiger partial charge in [-0.25, -0.2) is 0 Å². The number of Topliss-reactive ketones (excluding diaryl/α,β-unsaturated/α-hetero) is 1. The summed E-state index contributed by atoms with van der Waals surface area (Å²) in [5.74, 6) is 3.19. The monoisotopic (exact) mass is 192 g/mol. The Morgan fingerprint density at radius 1 is 1.14 bits per heavy atom. The molecule has 0 amide bonds. The zero-order valence-corrected chi connectivity index (χ0v) is 9.09. The Labute approximate surface area is 86.3 Å². The molecule has 0 aliphatic heterocycles. The van der Waals surface area contributed by atoms with Gasteiger partial charge in [0.15, 0.2) is 0 Å². The third-order valence-electron chi connectivity index (χ3n) is 5.10. The first-order chi connectivity index (χ1) is 6.72. The summed E-state index contributed by atoms with van der Waals surface area (Å²) in [7, 11) is 0. The number of ketones is 1. The highest BCUT2D eigenvalue weighted by Crippen LogP contribution is 2.56. The minimum Gasteiger partial charge on any atom is -0.299 e. The van der Waals surface area contributed by atoms with Gasteiger partial charge in [0.1, 0.15) is 5.78 Å². The van der Waals surface area contributed by atoms with Gasteiger partial charge in [-0.3, -0.25) is 4.79 Å². The molecule has 4 rings (SSSR count). The van der Waals surface area contributed by atoms with E-state index in [0.717, 1.165) is 30.6 Å². The van der Waals surface area contributed by atoms with Crippen molar-refractivity contribution in [2.75, 3.05) is 0 Å². The molecular weight excluding hydrogens is 172 g/mol. The van der Waals surface area contributed by atoms with Crippen LogP contribution in [0.25, 0.3) is 0 Å². The fourth-order valence-electron chi connectivity index (χ4n) is 4.58. The summed E-state index contributed by atoms with van der Waals surface area (Å²) in [6, 6.07) is 0. The Bertz CT molecular complexity index is 254. The summed E-state index contributed by atoms with van der Waals surface area (Å²) in [6.07, 6.45) is 8.65. The lowest BCUT2D eigenvalue weighted by Gasteiger charge is -2.43. The largest absolute Gasteiger partial charge is 0.299 e. The smallest absolute Gasteiger partial charge is 0.139 e. The molecule has 0 spiro atoms. The molecule has 78 valence electrons. The van der Waals surface area contributed by atoms with Crippen molar-refractivity contribution in [2.45, 2.75) is 51.9 Å². The normalized spacial score (nSPS) is 50.9. The first kappa shape index (κ1) is 8.94. The maximum absolute atomic E-state index is 12.2. The van der Waals surface area contributed by atoms with Crippen molar-refractivity contribution >= 4 is 5.78 Å². The fraction of sp³-hybridized carbons (Fsp3) is 0.923. The number of carbonyl (C=O) groups is 1. The van der Waals surface area contributed by atoms with Crippen molar-refractivity contribution in [1.82, 2.24) is 0 Å². The van der Waals surface area contributed by atoms with Crippen LogP contribution in [0.1, 0.15) is 51.9 Å². The molecule has 4 atom stereocenters. The topological polar surface area (TPSA) is 17.1 Å². The molecule has 1 nitrogen and oxygen atoms in total. The van der Waals surface area contributed by atoms with Crippen molar-refractivity contribution in [3.05, 3.63) is 0 Å². The average molecular weight is 192 g/mol. The Morgan fingerprint density at radius 2 is 1.71 bits per heavy atom. The number of hydrogen-bond acceptors (Lipinski definition) is 1. The van der Waals surface area contributed by atoms with Gasteiger partial charge in [-0.2, -0.15) is 0 Å². The predicted octanol–water partition coefficient (Wildman–Crippen LogP) is 3.18. The molecule has 4 bridgehead atoms. The quantitative estimate of drug-likeness (QED) is 0.623. The number of hydrogen-bond donors (Lipinski definition) is 0.